The van der Waals surface area contributed by atoms with Gasteiger partial charge in [0.25, 0.3) is 0 Å². The van der Waals surface area contributed by atoms with Gasteiger partial charge in [-0.2, -0.15) is 5.10 Å². The maximum atomic E-state index is 13.2. The van der Waals surface area contributed by atoms with E-state index < -0.39 is 11.9 Å². The minimum Gasteiger partial charge on any atom is -0.487 e. The quantitative estimate of drug-likeness (QED) is 0.904. The van der Waals surface area contributed by atoms with Gasteiger partial charge in [-0.25, -0.2) is 4.39 Å². The predicted octanol–water partition coefficient (Wildman–Crippen LogP) is 2.19. The normalized spacial score (nSPS) is 12.4. The molecule has 2 aromatic rings. The molecule has 1 N–H and O–H groups in total. The predicted molar refractivity (Wildman–Crippen MR) is 64.6 cm³/mol. The molecule has 0 saturated carbocycles. The first-order valence-corrected chi connectivity index (χ1v) is 5.65. The molecule has 0 saturated heterocycles. The monoisotopic (exact) mass is 250 g/mol. The third kappa shape index (κ3) is 2.87. The van der Waals surface area contributed by atoms with Gasteiger partial charge in [-0.15, -0.1) is 0 Å². The maximum absolute atomic E-state index is 13.2. The molecule has 0 bridgehead atoms. The van der Waals surface area contributed by atoms with Gasteiger partial charge >= 0.3 is 0 Å². The number of rotatable bonds is 4. The second kappa shape index (κ2) is 5.18. The van der Waals surface area contributed by atoms with Crippen LogP contribution in [0.3, 0.4) is 0 Å². The molecule has 1 heterocycles. The summed E-state index contributed by atoms with van der Waals surface area (Å²) >= 11 is 0. The molecule has 1 atom stereocenters. The number of hydrogen-bond acceptors (Lipinski definition) is 3. The molecule has 0 spiro atoms. The number of aliphatic hydroxyl groups excluding tert-OH is 1. The zero-order valence-corrected chi connectivity index (χ0v) is 10.3. The number of aliphatic hydroxyl groups is 1. The van der Waals surface area contributed by atoms with Gasteiger partial charge in [-0.1, -0.05) is 0 Å². The van der Waals surface area contributed by atoms with Gasteiger partial charge in [-0.05, 0) is 25.1 Å². The Morgan fingerprint density at radius 2 is 2.22 bits per heavy atom. The van der Waals surface area contributed by atoms with E-state index in [-0.39, 0.29) is 6.61 Å². The zero-order valence-electron chi connectivity index (χ0n) is 10.3. The Balaban J connectivity index is 2.15. The summed E-state index contributed by atoms with van der Waals surface area (Å²) in [5, 5.41) is 13.7. The average Bonchev–Trinajstić information content (AvgIpc) is 2.72. The van der Waals surface area contributed by atoms with E-state index in [9.17, 15) is 9.50 Å². The number of aromatic nitrogens is 2. The molecule has 1 aromatic heterocycles. The van der Waals surface area contributed by atoms with Crippen molar-refractivity contribution in [2.45, 2.75) is 19.6 Å². The summed E-state index contributed by atoms with van der Waals surface area (Å²) in [7, 11) is 1.81. The summed E-state index contributed by atoms with van der Waals surface area (Å²) in [4.78, 5) is 0. The van der Waals surface area contributed by atoms with E-state index in [1.54, 1.807) is 17.8 Å². The maximum Gasteiger partial charge on any atom is 0.132 e. The summed E-state index contributed by atoms with van der Waals surface area (Å²) in [6, 6.07) is 5.91. The van der Waals surface area contributed by atoms with E-state index in [4.69, 9.17) is 4.74 Å². The molecule has 0 aliphatic rings. The van der Waals surface area contributed by atoms with Crippen LogP contribution in [0.15, 0.2) is 30.5 Å². The topological polar surface area (TPSA) is 47.3 Å². The highest BCUT2D eigenvalue weighted by atomic mass is 19.1. The first kappa shape index (κ1) is 12.6. The largest absolute Gasteiger partial charge is 0.487 e. The van der Waals surface area contributed by atoms with Gasteiger partial charge < -0.3 is 9.84 Å². The van der Waals surface area contributed by atoms with Gasteiger partial charge in [0.05, 0.1) is 11.8 Å². The van der Waals surface area contributed by atoms with Crippen LogP contribution in [-0.4, -0.2) is 14.9 Å². The van der Waals surface area contributed by atoms with E-state index in [0.717, 1.165) is 5.69 Å². The number of ether oxygens (including phenoxy) is 1. The van der Waals surface area contributed by atoms with E-state index in [1.807, 2.05) is 13.1 Å². The Morgan fingerprint density at radius 3 is 2.83 bits per heavy atom. The van der Waals surface area contributed by atoms with Crippen molar-refractivity contribution in [1.82, 2.24) is 9.78 Å². The second-order valence-electron chi connectivity index (χ2n) is 4.13. The van der Waals surface area contributed by atoms with Gasteiger partial charge in [0.1, 0.15) is 18.2 Å². The number of nitrogens with zero attached hydrogens (tertiary/aromatic N) is 2. The van der Waals surface area contributed by atoms with Crippen molar-refractivity contribution in [3.05, 3.63) is 47.5 Å². The molecule has 0 aliphatic carbocycles. The molecular formula is C13H15FN2O2. The molecule has 5 heteroatoms. The molecule has 2 rings (SSSR count). The Labute approximate surface area is 105 Å². The molecule has 18 heavy (non-hydrogen) atoms. The number of halogens is 1. The lowest BCUT2D eigenvalue weighted by molar-refractivity contribution is 0.189. The van der Waals surface area contributed by atoms with Crippen LogP contribution in [0, 0.1) is 5.82 Å². The summed E-state index contributed by atoms with van der Waals surface area (Å²) in [5.74, 6) is -0.0499. The third-order valence-electron chi connectivity index (χ3n) is 2.57. The average molecular weight is 250 g/mol. The lowest BCUT2D eigenvalue weighted by atomic mass is 10.1. The Bertz CT molecular complexity index is 538. The van der Waals surface area contributed by atoms with Crippen molar-refractivity contribution < 1.29 is 14.2 Å². The lowest BCUT2D eigenvalue weighted by Gasteiger charge is -2.12. The minimum atomic E-state index is -0.704. The molecule has 0 aliphatic heterocycles. The second-order valence-corrected chi connectivity index (χ2v) is 4.13. The van der Waals surface area contributed by atoms with Crippen LogP contribution in [0.1, 0.15) is 24.3 Å². The van der Waals surface area contributed by atoms with Crippen molar-refractivity contribution in [3.63, 3.8) is 0 Å². The van der Waals surface area contributed by atoms with Gasteiger partial charge in [0.2, 0.25) is 0 Å². The molecule has 0 amide bonds. The van der Waals surface area contributed by atoms with E-state index in [0.29, 0.717) is 11.3 Å². The van der Waals surface area contributed by atoms with Crippen LogP contribution in [0.25, 0.3) is 0 Å². The van der Waals surface area contributed by atoms with E-state index in [1.165, 1.54) is 18.2 Å². The van der Waals surface area contributed by atoms with Crippen LogP contribution >= 0.6 is 0 Å². The van der Waals surface area contributed by atoms with Crippen LogP contribution < -0.4 is 4.74 Å². The molecule has 1 aromatic carbocycles. The van der Waals surface area contributed by atoms with Crippen LogP contribution in [0.2, 0.25) is 0 Å². The summed E-state index contributed by atoms with van der Waals surface area (Å²) in [6.07, 6.45) is 1.10. The molecule has 96 valence electrons. The number of benzene rings is 1. The first-order valence-electron chi connectivity index (χ1n) is 5.65. The lowest BCUT2D eigenvalue weighted by Crippen LogP contribution is -2.02. The standard InChI is InChI=1S/C13H15FN2O2/c1-9(17)12-4-3-10(14)7-13(12)18-8-11-5-6-16(2)15-11/h3-7,9,17H,8H2,1-2H3/t9-/m0/s1. The highest BCUT2D eigenvalue weighted by Crippen LogP contribution is 2.26. The van der Waals surface area contributed by atoms with E-state index >= 15 is 0 Å². The molecule has 0 fully saturated rings. The zero-order chi connectivity index (χ0) is 13.1. The summed E-state index contributed by atoms with van der Waals surface area (Å²) in [5.41, 5.74) is 1.31. The SMILES string of the molecule is C[C@H](O)c1ccc(F)cc1OCc1ccn(C)n1. The van der Waals surface area contributed by atoms with Crippen molar-refractivity contribution in [2.75, 3.05) is 0 Å². The fraction of sp³-hybridized carbons (Fsp3) is 0.308. The van der Waals surface area contributed by atoms with Crippen LogP contribution in [-0.2, 0) is 13.7 Å². The highest BCUT2D eigenvalue weighted by molar-refractivity contribution is 5.35. The molecular weight excluding hydrogens is 235 g/mol. The molecule has 0 unspecified atom stereocenters. The Kier molecular flexibility index (Phi) is 3.62. The van der Waals surface area contributed by atoms with Crippen molar-refractivity contribution in [1.29, 1.82) is 0 Å². The van der Waals surface area contributed by atoms with Gasteiger partial charge in [-0.3, -0.25) is 4.68 Å². The van der Waals surface area contributed by atoms with Gasteiger partial charge in [0.15, 0.2) is 0 Å². The van der Waals surface area contributed by atoms with Crippen molar-refractivity contribution in [2.24, 2.45) is 7.05 Å². The summed E-state index contributed by atoms with van der Waals surface area (Å²) in [6.45, 7) is 1.85. The van der Waals surface area contributed by atoms with E-state index in [2.05, 4.69) is 5.10 Å². The number of hydrogen-bond donors (Lipinski definition) is 1. The number of aryl methyl sites for hydroxylation is 1. The Morgan fingerprint density at radius 1 is 1.44 bits per heavy atom. The van der Waals surface area contributed by atoms with Gasteiger partial charge in [0, 0.05) is 24.9 Å². The van der Waals surface area contributed by atoms with Crippen molar-refractivity contribution >= 4 is 0 Å². The van der Waals surface area contributed by atoms with Crippen LogP contribution in [0.5, 0.6) is 5.75 Å². The van der Waals surface area contributed by atoms with Crippen molar-refractivity contribution in [3.8, 4) is 5.75 Å². The first-order chi connectivity index (χ1) is 8.56. The Hall–Kier alpha value is -1.88. The fourth-order valence-corrected chi connectivity index (χ4v) is 1.67. The molecule has 0 radical (unpaired) electrons. The summed E-state index contributed by atoms with van der Waals surface area (Å²) < 4.78 is 20.3. The highest BCUT2D eigenvalue weighted by Gasteiger charge is 2.11. The molecule has 4 nitrogen and oxygen atoms in total. The minimum absolute atomic E-state index is 0.240. The van der Waals surface area contributed by atoms with Crippen LogP contribution in [0.4, 0.5) is 4.39 Å². The smallest absolute Gasteiger partial charge is 0.132 e. The fourth-order valence-electron chi connectivity index (χ4n) is 1.67. The third-order valence-corrected chi connectivity index (χ3v) is 2.57.